The Balaban J connectivity index is 2.77. The molecule has 1 rings (SSSR count). The Hall–Kier alpha value is -0.0800. The third kappa shape index (κ3) is 3.25. The molecule has 0 nitrogen and oxygen atoms in total. The van der Waals surface area contributed by atoms with Crippen LogP contribution in [0.2, 0.25) is 0 Å². The lowest BCUT2D eigenvalue weighted by molar-refractivity contribution is 0.564. The summed E-state index contributed by atoms with van der Waals surface area (Å²) in [5, 5.41) is 0.131. The van der Waals surface area contributed by atoms with E-state index in [0.717, 1.165) is 16.5 Å². The normalized spacial score (nSPS) is 15.2. The highest BCUT2D eigenvalue weighted by Crippen LogP contribution is 2.23. The van der Waals surface area contributed by atoms with Gasteiger partial charge < -0.3 is 0 Å². The molecule has 1 aromatic rings. The SMILES string of the molecule is CC(Cl)C(C)Cc1ccc(F)cc1Br. The van der Waals surface area contributed by atoms with E-state index in [1.807, 2.05) is 6.92 Å². The summed E-state index contributed by atoms with van der Waals surface area (Å²) in [6.07, 6.45) is 0.867. The third-order valence-corrected chi connectivity index (χ3v) is 3.51. The molecule has 2 atom stereocenters. The highest BCUT2D eigenvalue weighted by Gasteiger charge is 2.11. The summed E-state index contributed by atoms with van der Waals surface area (Å²) < 4.78 is 13.6. The van der Waals surface area contributed by atoms with Crippen LogP contribution in [0.25, 0.3) is 0 Å². The molecule has 0 aliphatic rings. The first kappa shape index (κ1) is 12.0. The lowest BCUT2D eigenvalue weighted by Gasteiger charge is -2.14. The monoisotopic (exact) mass is 278 g/mol. The summed E-state index contributed by atoms with van der Waals surface area (Å²) in [7, 11) is 0. The molecule has 0 aliphatic heterocycles. The van der Waals surface area contributed by atoms with Gasteiger partial charge in [-0.1, -0.05) is 28.9 Å². The van der Waals surface area contributed by atoms with E-state index in [9.17, 15) is 4.39 Å². The van der Waals surface area contributed by atoms with Gasteiger partial charge in [-0.25, -0.2) is 4.39 Å². The molecule has 3 heteroatoms. The fourth-order valence-corrected chi connectivity index (χ4v) is 1.80. The highest BCUT2D eigenvalue weighted by atomic mass is 79.9. The van der Waals surface area contributed by atoms with E-state index in [2.05, 4.69) is 22.9 Å². The van der Waals surface area contributed by atoms with Crippen molar-refractivity contribution in [3.63, 3.8) is 0 Å². The zero-order valence-corrected chi connectivity index (χ0v) is 10.6. The molecule has 0 aromatic heterocycles. The Morgan fingerprint density at radius 2 is 2.07 bits per heavy atom. The van der Waals surface area contributed by atoms with Gasteiger partial charge in [-0.05, 0) is 37.0 Å². The Bertz CT molecular complexity index is 312. The van der Waals surface area contributed by atoms with Crippen LogP contribution in [0, 0.1) is 11.7 Å². The van der Waals surface area contributed by atoms with E-state index < -0.39 is 0 Å². The maximum atomic E-state index is 12.8. The van der Waals surface area contributed by atoms with Crippen LogP contribution in [0.15, 0.2) is 22.7 Å². The predicted octanol–water partition coefficient (Wildman–Crippen LogP) is 4.39. The molecule has 0 N–H and O–H groups in total. The van der Waals surface area contributed by atoms with E-state index in [1.165, 1.54) is 12.1 Å². The average Bonchev–Trinajstić information content (AvgIpc) is 2.09. The minimum Gasteiger partial charge on any atom is -0.207 e. The van der Waals surface area contributed by atoms with Crippen LogP contribution in [0.3, 0.4) is 0 Å². The molecule has 0 aliphatic carbocycles. The number of hydrogen-bond donors (Lipinski definition) is 0. The maximum Gasteiger partial charge on any atom is 0.124 e. The quantitative estimate of drug-likeness (QED) is 0.720. The van der Waals surface area contributed by atoms with Crippen molar-refractivity contribution < 1.29 is 4.39 Å². The standard InChI is InChI=1S/C11H13BrClF/c1-7(8(2)13)5-9-3-4-10(14)6-11(9)12/h3-4,6-8H,5H2,1-2H3. The Morgan fingerprint density at radius 1 is 1.43 bits per heavy atom. The molecular weight excluding hydrogens is 266 g/mol. The third-order valence-electron chi connectivity index (χ3n) is 2.34. The summed E-state index contributed by atoms with van der Waals surface area (Å²) in [6, 6.07) is 4.77. The number of benzene rings is 1. The topological polar surface area (TPSA) is 0 Å². The summed E-state index contributed by atoms with van der Waals surface area (Å²) in [4.78, 5) is 0. The second-order valence-electron chi connectivity index (χ2n) is 3.59. The Kier molecular flexibility index (Phi) is 4.39. The lowest BCUT2D eigenvalue weighted by Crippen LogP contribution is -2.10. The molecule has 0 radical (unpaired) electrons. The number of rotatable bonds is 3. The Morgan fingerprint density at radius 3 is 2.57 bits per heavy atom. The van der Waals surface area contributed by atoms with E-state index in [1.54, 1.807) is 6.07 Å². The van der Waals surface area contributed by atoms with Crippen molar-refractivity contribution in [2.45, 2.75) is 25.6 Å². The van der Waals surface area contributed by atoms with Crippen molar-refractivity contribution in [1.82, 2.24) is 0 Å². The maximum absolute atomic E-state index is 12.8. The van der Waals surface area contributed by atoms with E-state index in [-0.39, 0.29) is 11.2 Å². The molecule has 0 saturated heterocycles. The molecule has 0 spiro atoms. The Labute approximate surface area is 97.6 Å². The summed E-state index contributed by atoms with van der Waals surface area (Å²) >= 11 is 9.31. The average molecular weight is 280 g/mol. The van der Waals surface area contributed by atoms with Gasteiger partial charge in [-0.2, -0.15) is 0 Å². The highest BCUT2D eigenvalue weighted by molar-refractivity contribution is 9.10. The van der Waals surface area contributed by atoms with Crippen molar-refractivity contribution in [3.8, 4) is 0 Å². The second-order valence-corrected chi connectivity index (χ2v) is 5.14. The molecule has 0 amide bonds. The first-order chi connectivity index (χ1) is 6.50. The zero-order valence-electron chi connectivity index (χ0n) is 8.23. The lowest BCUT2D eigenvalue weighted by atomic mass is 9.99. The van der Waals surface area contributed by atoms with Crippen LogP contribution in [0.1, 0.15) is 19.4 Å². The van der Waals surface area contributed by atoms with Crippen molar-refractivity contribution in [3.05, 3.63) is 34.1 Å². The van der Waals surface area contributed by atoms with Crippen LogP contribution in [-0.2, 0) is 6.42 Å². The van der Waals surface area contributed by atoms with E-state index in [4.69, 9.17) is 11.6 Å². The van der Waals surface area contributed by atoms with Gasteiger partial charge in [-0.3, -0.25) is 0 Å². The largest absolute Gasteiger partial charge is 0.207 e. The van der Waals surface area contributed by atoms with Gasteiger partial charge in [0, 0.05) is 9.85 Å². The van der Waals surface area contributed by atoms with Crippen LogP contribution in [-0.4, -0.2) is 5.38 Å². The van der Waals surface area contributed by atoms with Crippen LogP contribution < -0.4 is 0 Å². The zero-order chi connectivity index (χ0) is 10.7. The van der Waals surface area contributed by atoms with Crippen LogP contribution in [0.5, 0.6) is 0 Å². The predicted molar refractivity (Wildman–Crippen MR) is 62.3 cm³/mol. The smallest absolute Gasteiger partial charge is 0.124 e. The van der Waals surface area contributed by atoms with Gasteiger partial charge in [0.25, 0.3) is 0 Å². The van der Waals surface area contributed by atoms with Gasteiger partial charge >= 0.3 is 0 Å². The molecule has 2 unspecified atom stereocenters. The molecule has 0 bridgehead atoms. The number of hydrogen-bond acceptors (Lipinski definition) is 0. The van der Waals surface area contributed by atoms with E-state index in [0.29, 0.717) is 5.92 Å². The fourth-order valence-electron chi connectivity index (χ4n) is 1.20. The molecular formula is C11H13BrClF. The summed E-state index contributed by atoms with van der Waals surface area (Å²) in [6.45, 7) is 4.07. The summed E-state index contributed by atoms with van der Waals surface area (Å²) in [5.41, 5.74) is 1.10. The first-order valence-corrected chi connectivity index (χ1v) is 5.81. The first-order valence-electron chi connectivity index (χ1n) is 4.58. The van der Waals surface area contributed by atoms with Gasteiger partial charge in [-0.15, -0.1) is 11.6 Å². The second kappa shape index (κ2) is 5.13. The van der Waals surface area contributed by atoms with Gasteiger partial charge in [0.2, 0.25) is 0 Å². The van der Waals surface area contributed by atoms with Crippen LogP contribution in [0.4, 0.5) is 4.39 Å². The van der Waals surface area contributed by atoms with Crippen molar-refractivity contribution >= 4 is 27.5 Å². The summed E-state index contributed by atoms with van der Waals surface area (Å²) in [5.74, 6) is 0.172. The molecule has 0 saturated carbocycles. The molecule has 78 valence electrons. The van der Waals surface area contributed by atoms with Crippen molar-refractivity contribution in [2.75, 3.05) is 0 Å². The van der Waals surface area contributed by atoms with Crippen LogP contribution >= 0.6 is 27.5 Å². The molecule has 14 heavy (non-hydrogen) atoms. The number of halogens is 3. The molecule has 0 fully saturated rings. The van der Waals surface area contributed by atoms with Crippen molar-refractivity contribution in [2.24, 2.45) is 5.92 Å². The fraction of sp³-hybridized carbons (Fsp3) is 0.455. The van der Waals surface area contributed by atoms with E-state index >= 15 is 0 Å². The minimum atomic E-state index is -0.216. The van der Waals surface area contributed by atoms with Crippen molar-refractivity contribution in [1.29, 1.82) is 0 Å². The van der Waals surface area contributed by atoms with Gasteiger partial charge in [0.1, 0.15) is 5.82 Å². The molecule has 1 aromatic carbocycles. The minimum absolute atomic E-state index is 0.131. The number of alkyl halides is 1. The van der Waals surface area contributed by atoms with Gasteiger partial charge in [0.15, 0.2) is 0 Å². The van der Waals surface area contributed by atoms with Gasteiger partial charge in [0.05, 0.1) is 0 Å². The molecule has 0 heterocycles.